The van der Waals surface area contributed by atoms with E-state index in [9.17, 15) is 13.2 Å². The summed E-state index contributed by atoms with van der Waals surface area (Å²) in [6.45, 7) is 0.451. The average Bonchev–Trinajstić information content (AvgIpc) is 2.24. The first kappa shape index (κ1) is 14.3. The van der Waals surface area contributed by atoms with Gasteiger partial charge in [0.05, 0.1) is 11.1 Å². The molecule has 0 saturated carbocycles. The highest BCUT2D eigenvalue weighted by atomic mass is 79.9. The van der Waals surface area contributed by atoms with Crippen LogP contribution >= 0.6 is 15.9 Å². The van der Waals surface area contributed by atoms with E-state index in [4.69, 9.17) is 10.5 Å². The highest BCUT2D eigenvalue weighted by molar-refractivity contribution is 9.10. The predicted molar refractivity (Wildman–Crippen MR) is 62.8 cm³/mol. The summed E-state index contributed by atoms with van der Waals surface area (Å²) in [4.78, 5) is 0. The topological polar surface area (TPSA) is 35.2 Å². The first-order chi connectivity index (χ1) is 7.92. The Morgan fingerprint density at radius 3 is 2.53 bits per heavy atom. The van der Waals surface area contributed by atoms with Crippen molar-refractivity contribution in [3.05, 3.63) is 28.2 Å². The zero-order valence-corrected chi connectivity index (χ0v) is 10.6. The molecular formula is C11H13BrF3NO. The molecule has 0 heterocycles. The van der Waals surface area contributed by atoms with Crippen LogP contribution in [0.5, 0.6) is 5.75 Å². The molecule has 96 valence electrons. The Morgan fingerprint density at radius 2 is 2.00 bits per heavy atom. The summed E-state index contributed by atoms with van der Waals surface area (Å²) in [5.74, 6) is 0.532. The Bertz CT molecular complexity index is 368. The quantitative estimate of drug-likeness (QED) is 0.843. The van der Waals surface area contributed by atoms with Gasteiger partial charge in [0.15, 0.2) is 0 Å². The molecule has 0 unspecified atom stereocenters. The molecule has 0 saturated heterocycles. The van der Waals surface area contributed by atoms with Crippen LogP contribution in [0, 0.1) is 0 Å². The number of hydrogen-bond donors (Lipinski definition) is 1. The maximum Gasteiger partial charge on any atom is 0.389 e. The lowest BCUT2D eigenvalue weighted by Crippen LogP contribution is -2.09. The van der Waals surface area contributed by atoms with Crippen LogP contribution in [0.1, 0.15) is 18.4 Å². The van der Waals surface area contributed by atoms with Gasteiger partial charge in [0.1, 0.15) is 5.75 Å². The van der Waals surface area contributed by atoms with E-state index in [2.05, 4.69) is 15.9 Å². The van der Waals surface area contributed by atoms with Crippen molar-refractivity contribution in [1.82, 2.24) is 0 Å². The number of benzene rings is 1. The molecule has 1 aromatic carbocycles. The van der Waals surface area contributed by atoms with Gasteiger partial charge in [0, 0.05) is 13.0 Å². The zero-order chi connectivity index (χ0) is 12.9. The van der Waals surface area contributed by atoms with Gasteiger partial charge in [0.25, 0.3) is 0 Å². The summed E-state index contributed by atoms with van der Waals surface area (Å²) in [6.07, 6.45) is -5.00. The molecule has 0 aliphatic heterocycles. The van der Waals surface area contributed by atoms with Gasteiger partial charge < -0.3 is 10.5 Å². The van der Waals surface area contributed by atoms with Crippen LogP contribution in [0.2, 0.25) is 0 Å². The number of hydrogen-bond acceptors (Lipinski definition) is 2. The van der Waals surface area contributed by atoms with Gasteiger partial charge in [-0.25, -0.2) is 0 Å². The number of alkyl halides is 3. The Hall–Kier alpha value is -0.750. The van der Waals surface area contributed by atoms with Crippen LogP contribution in [0.3, 0.4) is 0 Å². The van der Waals surface area contributed by atoms with Crippen LogP contribution in [0.4, 0.5) is 13.2 Å². The van der Waals surface area contributed by atoms with Crippen molar-refractivity contribution in [1.29, 1.82) is 0 Å². The third kappa shape index (κ3) is 5.41. The normalized spacial score (nSPS) is 11.6. The summed E-state index contributed by atoms with van der Waals surface area (Å²) in [5, 5.41) is 0. The Morgan fingerprint density at radius 1 is 1.29 bits per heavy atom. The van der Waals surface area contributed by atoms with E-state index < -0.39 is 12.6 Å². The Balaban J connectivity index is 2.42. The zero-order valence-electron chi connectivity index (χ0n) is 9.06. The monoisotopic (exact) mass is 311 g/mol. The summed E-state index contributed by atoms with van der Waals surface area (Å²) >= 11 is 3.28. The largest absolute Gasteiger partial charge is 0.492 e. The van der Waals surface area contributed by atoms with E-state index in [1.807, 2.05) is 0 Å². The maximum absolute atomic E-state index is 11.9. The molecule has 0 aromatic heterocycles. The molecule has 17 heavy (non-hydrogen) atoms. The molecule has 2 N–H and O–H groups in total. The van der Waals surface area contributed by atoms with Gasteiger partial charge in [-0.2, -0.15) is 13.2 Å². The van der Waals surface area contributed by atoms with Crippen LogP contribution in [0.25, 0.3) is 0 Å². The first-order valence-corrected chi connectivity index (χ1v) is 5.90. The van der Waals surface area contributed by atoms with Gasteiger partial charge in [0.2, 0.25) is 0 Å². The Kier molecular flexibility index (Phi) is 5.27. The molecule has 0 fully saturated rings. The molecule has 0 amide bonds. The van der Waals surface area contributed by atoms with Crippen LogP contribution in [-0.4, -0.2) is 12.8 Å². The fourth-order valence-corrected chi connectivity index (χ4v) is 1.78. The SMILES string of the molecule is NCc1ccc(OCCCC(F)(F)F)c(Br)c1. The second kappa shape index (κ2) is 6.26. The highest BCUT2D eigenvalue weighted by Crippen LogP contribution is 2.27. The van der Waals surface area contributed by atoms with Crippen LogP contribution in [-0.2, 0) is 6.54 Å². The number of nitrogens with two attached hydrogens (primary N) is 1. The highest BCUT2D eigenvalue weighted by Gasteiger charge is 2.26. The lowest BCUT2D eigenvalue weighted by Gasteiger charge is -2.10. The lowest BCUT2D eigenvalue weighted by atomic mass is 10.2. The fraction of sp³-hybridized carbons (Fsp3) is 0.455. The standard InChI is InChI=1S/C11H13BrF3NO/c12-9-6-8(7-16)2-3-10(9)17-5-1-4-11(13,14)15/h2-3,6H,1,4-5,7,16H2. The molecule has 0 spiro atoms. The first-order valence-electron chi connectivity index (χ1n) is 5.10. The van der Waals surface area contributed by atoms with Crippen LogP contribution in [0.15, 0.2) is 22.7 Å². The van der Waals surface area contributed by atoms with Gasteiger partial charge >= 0.3 is 6.18 Å². The molecule has 2 nitrogen and oxygen atoms in total. The second-order valence-electron chi connectivity index (χ2n) is 3.54. The minimum Gasteiger partial charge on any atom is -0.492 e. The van der Waals surface area contributed by atoms with Crippen LogP contribution < -0.4 is 10.5 Å². The molecule has 0 aliphatic carbocycles. The van der Waals surface area contributed by atoms with Gasteiger partial charge in [-0.1, -0.05) is 6.07 Å². The molecule has 0 atom stereocenters. The minimum atomic E-state index is -4.12. The summed E-state index contributed by atoms with van der Waals surface area (Å²) in [6, 6.07) is 5.27. The average molecular weight is 312 g/mol. The number of halogens is 4. The van der Waals surface area contributed by atoms with Crippen molar-refractivity contribution < 1.29 is 17.9 Å². The molecule has 6 heteroatoms. The van der Waals surface area contributed by atoms with Crippen molar-refractivity contribution in [2.24, 2.45) is 5.73 Å². The van der Waals surface area contributed by atoms with Gasteiger partial charge in [-0.15, -0.1) is 0 Å². The molecular weight excluding hydrogens is 299 g/mol. The summed E-state index contributed by atoms with van der Waals surface area (Å²) < 4.78 is 41.6. The van der Waals surface area contributed by atoms with Gasteiger partial charge in [-0.05, 0) is 40.0 Å². The summed E-state index contributed by atoms with van der Waals surface area (Å²) in [7, 11) is 0. The van der Waals surface area contributed by atoms with Crippen molar-refractivity contribution in [2.45, 2.75) is 25.6 Å². The van der Waals surface area contributed by atoms with E-state index in [0.717, 1.165) is 5.56 Å². The van der Waals surface area contributed by atoms with E-state index in [1.165, 1.54) is 0 Å². The van der Waals surface area contributed by atoms with E-state index in [0.29, 0.717) is 16.8 Å². The molecule has 1 rings (SSSR count). The van der Waals surface area contributed by atoms with Gasteiger partial charge in [-0.3, -0.25) is 0 Å². The lowest BCUT2D eigenvalue weighted by molar-refractivity contribution is -0.136. The number of ether oxygens (including phenoxy) is 1. The smallest absolute Gasteiger partial charge is 0.389 e. The van der Waals surface area contributed by atoms with Crippen molar-refractivity contribution >= 4 is 15.9 Å². The van der Waals surface area contributed by atoms with E-state index in [-0.39, 0.29) is 13.0 Å². The third-order valence-electron chi connectivity index (χ3n) is 2.09. The van der Waals surface area contributed by atoms with E-state index >= 15 is 0 Å². The molecule has 1 aromatic rings. The van der Waals surface area contributed by atoms with Crippen molar-refractivity contribution in [3.8, 4) is 5.75 Å². The second-order valence-corrected chi connectivity index (χ2v) is 4.39. The van der Waals surface area contributed by atoms with E-state index in [1.54, 1.807) is 18.2 Å². The number of rotatable bonds is 5. The minimum absolute atomic E-state index is 0.0417. The van der Waals surface area contributed by atoms with Crippen molar-refractivity contribution in [3.63, 3.8) is 0 Å². The predicted octanol–water partition coefficient (Wildman–Crippen LogP) is 3.63. The fourth-order valence-electron chi connectivity index (χ4n) is 1.24. The summed E-state index contributed by atoms with van der Waals surface area (Å²) in [5.41, 5.74) is 6.38. The Labute approximate surface area is 106 Å². The molecule has 0 bridgehead atoms. The molecule has 0 radical (unpaired) electrons. The molecule has 0 aliphatic rings. The third-order valence-corrected chi connectivity index (χ3v) is 2.71. The van der Waals surface area contributed by atoms with Crippen molar-refractivity contribution in [2.75, 3.05) is 6.61 Å². The maximum atomic E-state index is 11.9.